The maximum absolute atomic E-state index is 13.8. The van der Waals surface area contributed by atoms with Crippen LogP contribution in [0.25, 0.3) is 0 Å². The Labute approximate surface area is 235 Å². The Morgan fingerprint density at radius 3 is 2.24 bits per heavy atom. The molecule has 2 amide bonds. The second kappa shape index (κ2) is 12.8. The van der Waals surface area contributed by atoms with E-state index in [1.165, 1.54) is 17.0 Å². The van der Waals surface area contributed by atoms with Crippen LogP contribution in [0.2, 0.25) is 10.0 Å². The fourth-order valence-electron chi connectivity index (χ4n) is 3.59. The number of halogens is 3. The van der Waals surface area contributed by atoms with Crippen LogP contribution in [0.1, 0.15) is 19.4 Å². The van der Waals surface area contributed by atoms with Crippen molar-refractivity contribution in [1.82, 2.24) is 10.2 Å². The quantitative estimate of drug-likeness (QED) is 0.322. The highest BCUT2D eigenvalue weighted by Crippen LogP contribution is 2.27. The molecule has 3 rings (SSSR count). The van der Waals surface area contributed by atoms with Gasteiger partial charge in [-0.25, -0.2) is 8.42 Å². The Morgan fingerprint density at radius 1 is 1.00 bits per heavy atom. The molecule has 0 saturated carbocycles. The molecule has 0 aliphatic rings. The van der Waals surface area contributed by atoms with Gasteiger partial charge in [-0.2, -0.15) is 0 Å². The van der Waals surface area contributed by atoms with E-state index in [1.807, 2.05) is 0 Å². The van der Waals surface area contributed by atoms with Crippen molar-refractivity contribution in [3.8, 4) is 0 Å². The average Bonchev–Trinajstić information content (AvgIpc) is 2.87. The van der Waals surface area contributed by atoms with E-state index in [2.05, 4.69) is 21.2 Å². The summed E-state index contributed by atoms with van der Waals surface area (Å²) in [5.41, 5.74) is 0.868. The molecule has 196 valence electrons. The van der Waals surface area contributed by atoms with Gasteiger partial charge in [-0.05, 0) is 67.9 Å². The Bertz CT molecular complexity index is 1360. The van der Waals surface area contributed by atoms with Crippen molar-refractivity contribution in [2.75, 3.05) is 17.4 Å². The van der Waals surface area contributed by atoms with Gasteiger partial charge in [-0.1, -0.05) is 63.4 Å². The van der Waals surface area contributed by atoms with E-state index in [-0.39, 0.29) is 17.3 Å². The third-order valence-corrected chi connectivity index (χ3v) is 8.50. The third kappa shape index (κ3) is 7.25. The zero-order chi connectivity index (χ0) is 27.2. The summed E-state index contributed by atoms with van der Waals surface area (Å²) in [4.78, 5) is 27.8. The number of hydrogen-bond acceptors (Lipinski definition) is 4. The van der Waals surface area contributed by atoms with Crippen LogP contribution in [0.3, 0.4) is 0 Å². The fourth-order valence-corrected chi connectivity index (χ4v) is 5.76. The van der Waals surface area contributed by atoms with Gasteiger partial charge in [0.25, 0.3) is 10.0 Å². The first-order valence-electron chi connectivity index (χ1n) is 11.4. The van der Waals surface area contributed by atoms with Gasteiger partial charge in [0.15, 0.2) is 0 Å². The van der Waals surface area contributed by atoms with Gasteiger partial charge in [0, 0.05) is 27.6 Å². The summed E-state index contributed by atoms with van der Waals surface area (Å²) >= 11 is 15.7. The SMILES string of the molecule is CCNC(=O)[C@H](C)N(Cc1ccc(Cl)cc1Cl)C(=O)CN(c1ccc(Br)cc1)S(=O)(=O)c1ccccc1. The zero-order valence-corrected chi connectivity index (χ0v) is 24.1. The summed E-state index contributed by atoms with van der Waals surface area (Å²) in [6.45, 7) is 3.18. The van der Waals surface area contributed by atoms with Crippen LogP contribution in [-0.4, -0.2) is 44.3 Å². The lowest BCUT2D eigenvalue weighted by Crippen LogP contribution is -2.51. The monoisotopic (exact) mass is 625 g/mol. The number of likely N-dealkylation sites (N-methyl/N-ethyl adjacent to an activating group) is 1. The van der Waals surface area contributed by atoms with E-state index < -0.39 is 28.5 Å². The molecular weight excluding hydrogens is 601 g/mol. The van der Waals surface area contributed by atoms with Crippen LogP contribution in [0.15, 0.2) is 82.2 Å². The van der Waals surface area contributed by atoms with Crippen molar-refractivity contribution in [3.63, 3.8) is 0 Å². The van der Waals surface area contributed by atoms with E-state index in [9.17, 15) is 18.0 Å². The van der Waals surface area contributed by atoms with E-state index in [0.29, 0.717) is 27.8 Å². The van der Waals surface area contributed by atoms with E-state index in [4.69, 9.17) is 23.2 Å². The minimum Gasteiger partial charge on any atom is -0.355 e. The summed E-state index contributed by atoms with van der Waals surface area (Å²) < 4.78 is 29.1. The largest absolute Gasteiger partial charge is 0.355 e. The van der Waals surface area contributed by atoms with Crippen molar-refractivity contribution < 1.29 is 18.0 Å². The van der Waals surface area contributed by atoms with Gasteiger partial charge in [0.05, 0.1) is 10.6 Å². The molecule has 3 aromatic carbocycles. The van der Waals surface area contributed by atoms with Gasteiger partial charge in [0.2, 0.25) is 11.8 Å². The second-order valence-electron chi connectivity index (χ2n) is 8.13. The molecule has 0 radical (unpaired) electrons. The van der Waals surface area contributed by atoms with Crippen molar-refractivity contribution in [2.45, 2.75) is 31.3 Å². The molecule has 37 heavy (non-hydrogen) atoms. The van der Waals surface area contributed by atoms with Crippen LogP contribution < -0.4 is 9.62 Å². The number of rotatable bonds is 10. The summed E-state index contributed by atoms with van der Waals surface area (Å²) in [6, 6.07) is 18.4. The van der Waals surface area contributed by atoms with Gasteiger partial charge < -0.3 is 10.2 Å². The lowest BCUT2D eigenvalue weighted by molar-refractivity contribution is -0.139. The molecule has 0 unspecified atom stereocenters. The lowest BCUT2D eigenvalue weighted by atomic mass is 10.1. The molecule has 0 bridgehead atoms. The molecule has 1 atom stereocenters. The average molecular weight is 627 g/mol. The number of carbonyl (C=O) groups is 2. The molecule has 11 heteroatoms. The molecule has 0 saturated heterocycles. The molecule has 0 aliphatic carbocycles. The highest BCUT2D eigenvalue weighted by molar-refractivity contribution is 9.10. The number of nitrogens with zero attached hydrogens (tertiary/aromatic N) is 2. The van der Waals surface area contributed by atoms with Gasteiger partial charge in [-0.3, -0.25) is 13.9 Å². The normalized spacial score (nSPS) is 12.0. The van der Waals surface area contributed by atoms with Crippen LogP contribution >= 0.6 is 39.1 Å². The molecule has 1 N–H and O–H groups in total. The number of nitrogens with one attached hydrogen (secondary N) is 1. The smallest absolute Gasteiger partial charge is 0.264 e. The van der Waals surface area contributed by atoms with Crippen molar-refractivity contribution in [3.05, 3.63) is 92.9 Å². The molecule has 7 nitrogen and oxygen atoms in total. The van der Waals surface area contributed by atoms with Gasteiger partial charge >= 0.3 is 0 Å². The Balaban J connectivity index is 2.03. The molecule has 0 fully saturated rings. The van der Waals surface area contributed by atoms with Crippen LogP contribution in [-0.2, 0) is 26.2 Å². The van der Waals surface area contributed by atoms with Gasteiger partial charge in [-0.15, -0.1) is 0 Å². The van der Waals surface area contributed by atoms with Crippen molar-refractivity contribution >= 4 is 66.7 Å². The van der Waals surface area contributed by atoms with Crippen molar-refractivity contribution in [2.24, 2.45) is 0 Å². The molecule has 0 aliphatic heterocycles. The Kier molecular flexibility index (Phi) is 10.0. The number of hydrogen-bond donors (Lipinski definition) is 1. The molecule has 3 aromatic rings. The van der Waals surface area contributed by atoms with Crippen LogP contribution in [0, 0.1) is 0 Å². The van der Waals surface area contributed by atoms with Crippen LogP contribution in [0.4, 0.5) is 5.69 Å². The summed E-state index contributed by atoms with van der Waals surface area (Å²) in [5, 5.41) is 3.47. The number of sulfonamides is 1. The minimum absolute atomic E-state index is 0.0211. The number of carbonyl (C=O) groups excluding carboxylic acids is 2. The summed E-state index contributed by atoms with van der Waals surface area (Å²) in [5.74, 6) is -0.950. The van der Waals surface area contributed by atoms with Crippen molar-refractivity contribution in [1.29, 1.82) is 0 Å². The second-order valence-corrected chi connectivity index (χ2v) is 11.8. The number of anilines is 1. The maximum Gasteiger partial charge on any atom is 0.264 e. The first-order valence-corrected chi connectivity index (χ1v) is 14.4. The molecule has 0 spiro atoms. The molecule has 0 aromatic heterocycles. The van der Waals surface area contributed by atoms with Gasteiger partial charge in [0.1, 0.15) is 12.6 Å². The summed E-state index contributed by atoms with van der Waals surface area (Å²) in [7, 11) is -4.11. The van der Waals surface area contributed by atoms with E-state index in [0.717, 1.165) is 8.78 Å². The lowest BCUT2D eigenvalue weighted by Gasteiger charge is -2.32. The Hall–Kier alpha value is -2.59. The Morgan fingerprint density at radius 2 is 1.65 bits per heavy atom. The topological polar surface area (TPSA) is 86.8 Å². The van der Waals surface area contributed by atoms with Crippen LogP contribution in [0.5, 0.6) is 0 Å². The van der Waals surface area contributed by atoms with E-state index in [1.54, 1.807) is 74.5 Å². The highest BCUT2D eigenvalue weighted by atomic mass is 79.9. The third-order valence-electron chi connectivity index (χ3n) is 5.60. The zero-order valence-electron chi connectivity index (χ0n) is 20.2. The number of benzene rings is 3. The fraction of sp³-hybridized carbons (Fsp3) is 0.231. The van der Waals surface area contributed by atoms with E-state index >= 15 is 0 Å². The summed E-state index contributed by atoms with van der Waals surface area (Å²) in [6.07, 6.45) is 0. The molecule has 0 heterocycles. The minimum atomic E-state index is -4.11. The highest BCUT2D eigenvalue weighted by Gasteiger charge is 2.32. The standard InChI is InChI=1S/C26H26BrCl2N3O4S/c1-3-30-26(34)18(2)31(16-19-9-12-21(28)15-24(19)29)25(33)17-32(22-13-10-20(27)11-14-22)37(35,36)23-7-5-4-6-8-23/h4-15,18H,3,16-17H2,1-2H3,(H,30,34)/t18-/m0/s1. The first-order chi connectivity index (χ1) is 17.5. The maximum atomic E-state index is 13.8. The molecular formula is C26H26BrCl2N3O4S. The predicted octanol–water partition coefficient (Wildman–Crippen LogP) is 5.50. The first kappa shape index (κ1) is 29.0. The number of amides is 2. The predicted molar refractivity (Wildman–Crippen MR) is 150 cm³/mol.